The zero-order valence-electron chi connectivity index (χ0n) is 19.3. The summed E-state index contributed by atoms with van der Waals surface area (Å²) in [6.07, 6.45) is 1.18. The van der Waals surface area contributed by atoms with Gasteiger partial charge in [0.2, 0.25) is 0 Å². The summed E-state index contributed by atoms with van der Waals surface area (Å²) in [6, 6.07) is 13.7. The van der Waals surface area contributed by atoms with Crippen LogP contribution in [0.2, 0.25) is 10.0 Å². The van der Waals surface area contributed by atoms with Crippen LogP contribution in [0.5, 0.6) is 11.5 Å². The van der Waals surface area contributed by atoms with E-state index in [4.69, 9.17) is 32.1 Å². The molecular weight excluding hydrogens is 543 g/mol. The first kappa shape index (κ1) is 26.2. The number of amides is 4. The molecule has 0 aromatic heterocycles. The normalized spacial score (nSPS) is 15.1. The van der Waals surface area contributed by atoms with Crippen LogP contribution in [0.15, 0.2) is 71.1 Å². The van der Waals surface area contributed by atoms with Crippen molar-refractivity contribution < 1.29 is 31.7 Å². The number of nitrogens with zero attached hydrogens (tertiary/aromatic N) is 1. The van der Waals surface area contributed by atoms with Crippen molar-refractivity contribution in [3.63, 3.8) is 0 Å². The summed E-state index contributed by atoms with van der Waals surface area (Å²) in [5.41, 5.74) is 0.893. The van der Waals surface area contributed by atoms with Gasteiger partial charge in [-0.2, -0.15) is 8.42 Å². The summed E-state index contributed by atoms with van der Waals surface area (Å²) in [5, 5.41) is 1.75. The third-order valence-electron chi connectivity index (χ3n) is 5.27. The van der Waals surface area contributed by atoms with Crippen molar-refractivity contribution in [2.24, 2.45) is 0 Å². The molecule has 0 radical (unpaired) electrons. The number of nitrogens with one attached hydrogen (secondary N) is 1. The van der Waals surface area contributed by atoms with Crippen LogP contribution in [-0.4, -0.2) is 33.4 Å². The average molecular weight is 561 g/mol. The van der Waals surface area contributed by atoms with E-state index in [1.807, 2.05) is 6.92 Å². The van der Waals surface area contributed by atoms with E-state index in [-0.39, 0.29) is 37.5 Å². The van der Waals surface area contributed by atoms with Gasteiger partial charge in [0, 0.05) is 0 Å². The molecule has 4 amide bonds. The van der Waals surface area contributed by atoms with E-state index in [1.54, 1.807) is 24.3 Å². The molecule has 1 heterocycles. The van der Waals surface area contributed by atoms with Crippen molar-refractivity contribution in [2.45, 2.75) is 11.8 Å². The summed E-state index contributed by atoms with van der Waals surface area (Å²) in [5.74, 6) is -1.61. The molecule has 0 aliphatic carbocycles. The van der Waals surface area contributed by atoms with Crippen molar-refractivity contribution in [1.29, 1.82) is 0 Å². The number of benzene rings is 3. The Hall–Kier alpha value is -3.86. The van der Waals surface area contributed by atoms with Gasteiger partial charge < -0.3 is 8.92 Å². The first-order valence-electron chi connectivity index (χ1n) is 10.6. The van der Waals surface area contributed by atoms with Crippen LogP contribution in [0.1, 0.15) is 11.1 Å². The van der Waals surface area contributed by atoms with E-state index in [2.05, 4.69) is 5.32 Å². The summed E-state index contributed by atoms with van der Waals surface area (Å²) < 4.78 is 35.5. The number of anilines is 1. The highest BCUT2D eigenvalue weighted by molar-refractivity contribution is 7.87. The van der Waals surface area contributed by atoms with E-state index in [0.717, 1.165) is 10.5 Å². The number of carbonyl (C=O) groups excluding carboxylic acids is 3. The topological polar surface area (TPSA) is 119 Å². The molecule has 0 unspecified atom stereocenters. The number of ether oxygens (including phenoxy) is 1. The molecule has 4 rings (SSSR count). The predicted molar refractivity (Wildman–Crippen MR) is 137 cm³/mol. The highest BCUT2D eigenvalue weighted by Gasteiger charge is 2.37. The van der Waals surface area contributed by atoms with Crippen LogP contribution >= 0.6 is 23.2 Å². The van der Waals surface area contributed by atoms with Gasteiger partial charge in [0.05, 0.1) is 22.8 Å². The fraction of sp³-hybridized carbons (Fsp3) is 0.0800. The number of imide groups is 2. The molecule has 1 N–H and O–H groups in total. The van der Waals surface area contributed by atoms with Crippen LogP contribution in [0.25, 0.3) is 6.08 Å². The maximum absolute atomic E-state index is 13.1. The molecule has 3 aromatic carbocycles. The molecule has 12 heteroatoms. The highest BCUT2D eigenvalue weighted by atomic mass is 35.5. The van der Waals surface area contributed by atoms with Crippen molar-refractivity contribution in [1.82, 2.24) is 5.32 Å². The SMILES string of the molecule is COc1ccc(N2C(=O)NC(=O)/C(=C\c3cc(Cl)c(OS(=O)(=O)c4ccc(C)cc4)c(Cl)c3)C2=O)cc1. The first-order chi connectivity index (χ1) is 17.5. The second-order valence-electron chi connectivity index (χ2n) is 7.82. The smallest absolute Gasteiger partial charge is 0.339 e. The molecule has 1 saturated heterocycles. The van der Waals surface area contributed by atoms with E-state index in [1.165, 1.54) is 49.6 Å². The van der Waals surface area contributed by atoms with Crippen LogP contribution < -0.4 is 19.1 Å². The lowest BCUT2D eigenvalue weighted by Gasteiger charge is -2.26. The maximum atomic E-state index is 13.1. The Labute approximate surface area is 222 Å². The fourth-order valence-electron chi connectivity index (χ4n) is 3.40. The maximum Gasteiger partial charge on any atom is 0.339 e. The molecule has 0 atom stereocenters. The molecule has 37 heavy (non-hydrogen) atoms. The molecule has 1 aliphatic rings. The Balaban J connectivity index is 1.65. The zero-order valence-corrected chi connectivity index (χ0v) is 21.6. The molecular formula is C25H18Cl2N2O7S. The molecule has 3 aromatic rings. The van der Waals surface area contributed by atoms with E-state index < -0.39 is 28.0 Å². The Kier molecular flexibility index (Phi) is 7.26. The monoisotopic (exact) mass is 560 g/mol. The number of urea groups is 1. The van der Waals surface area contributed by atoms with Crippen LogP contribution in [0, 0.1) is 6.92 Å². The second kappa shape index (κ2) is 10.3. The lowest BCUT2D eigenvalue weighted by Crippen LogP contribution is -2.54. The fourth-order valence-corrected chi connectivity index (χ4v) is 5.03. The molecule has 190 valence electrons. The highest BCUT2D eigenvalue weighted by Crippen LogP contribution is 2.37. The first-order valence-corrected chi connectivity index (χ1v) is 12.7. The number of halogens is 2. The summed E-state index contributed by atoms with van der Waals surface area (Å²) in [7, 11) is -2.77. The summed E-state index contributed by atoms with van der Waals surface area (Å²) >= 11 is 12.5. The standard InChI is InChI=1S/C25H18Cl2N2O7S/c1-14-3-9-18(10-4-14)37(33,34)36-22-20(26)12-15(13-21(22)27)11-19-23(30)28-25(32)29(24(19)31)16-5-7-17(35-2)8-6-16/h3-13H,1-2H3,(H,28,30,32)/b19-11+. The number of hydrogen-bond acceptors (Lipinski definition) is 7. The van der Waals surface area contributed by atoms with Gasteiger partial charge >= 0.3 is 16.1 Å². The number of hydrogen-bond donors (Lipinski definition) is 1. The van der Waals surface area contributed by atoms with Gasteiger partial charge in [-0.25, -0.2) is 9.69 Å². The van der Waals surface area contributed by atoms with Gasteiger partial charge in [-0.05, 0) is 67.1 Å². The Bertz CT molecular complexity index is 1530. The summed E-state index contributed by atoms with van der Waals surface area (Å²) in [4.78, 5) is 38.6. The average Bonchev–Trinajstić information content (AvgIpc) is 2.84. The van der Waals surface area contributed by atoms with Gasteiger partial charge in [-0.3, -0.25) is 14.9 Å². The van der Waals surface area contributed by atoms with Crippen molar-refractivity contribution in [2.75, 3.05) is 12.0 Å². The van der Waals surface area contributed by atoms with Crippen LogP contribution in [-0.2, 0) is 19.7 Å². The van der Waals surface area contributed by atoms with E-state index >= 15 is 0 Å². The summed E-state index contributed by atoms with van der Waals surface area (Å²) in [6.45, 7) is 1.81. The molecule has 0 bridgehead atoms. The quantitative estimate of drug-likeness (QED) is 0.262. The predicted octanol–water partition coefficient (Wildman–Crippen LogP) is 4.74. The van der Waals surface area contributed by atoms with Gasteiger partial charge in [-0.15, -0.1) is 0 Å². The lowest BCUT2D eigenvalue weighted by atomic mass is 10.1. The van der Waals surface area contributed by atoms with Gasteiger partial charge in [0.15, 0.2) is 5.75 Å². The Morgan fingerprint density at radius 2 is 1.51 bits per heavy atom. The number of barbiturate groups is 1. The number of aryl methyl sites for hydroxylation is 1. The third-order valence-corrected chi connectivity index (χ3v) is 7.06. The molecule has 1 fully saturated rings. The van der Waals surface area contributed by atoms with Crippen LogP contribution in [0.3, 0.4) is 0 Å². The van der Waals surface area contributed by atoms with Gasteiger partial charge in [-0.1, -0.05) is 40.9 Å². The second-order valence-corrected chi connectivity index (χ2v) is 10.2. The van der Waals surface area contributed by atoms with Gasteiger partial charge in [0.1, 0.15) is 16.2 Å². The minimum Gasteiger partial charge on any atom is -0.497 e. The Morgan fingerprint density at radius 3 is 2.08 bits per heavy atom. The lowest BCUT2D eigenvalue weighted by molar-refractivity contribution is -0.122. The number of rotatable bonds is 6. The molecule has 1 aliphatic heterocycles. The van der Waals surface area contributed by atoms with E-state index in [9.17, 15) is 22.8 Å². The van der Waals surface area contributed by atoms with Crippen molar-refractivity contribution in [3.05, 3.63) is 87.4 Å². The zero-order chi connectivity index (χ0) is 26.9. The number of methoxy groups -OCH3 is 1. The molecule has 0 spiro atoms. The molecule has 9 nitrogen and oxygen atoms in total. The Morgan fingerprint density at radius 1 is 0.919 bits per heavy atom. The molecule has 0 saturated carbocycles. The van der Waals surface area contributed by atoms with Gasteiger partial charge in [0.25, 0.3) is 11.8 Å². The largest absolute Gasteiger partial charge is 0.497 e. The van der Waals surface area contributed by atoms with Crippen LogP contribution in [0.4, 0.5) is 10.5 Å². The van der Waals surface area contributed by atoms with Crippen molar-refractivity contribution >= 4 is 62.9 Å². The van der Waals surface area contributed by atoms with Crippen molar-refractivity contribution in [3.8, 4) is 11.5 Å². The minimum absolute atomic E-state index is 0.0933. The minimum atomic E-state index is -4.24. The number of carbonyl (C=O) groups is 3. The van der Waals surface area contributed by atoms with E-state index in [0.29, 0.717) is 5.75 Å². The third kappa shape index (κ3) is 5.46.